The van der Waals surface area contributed by atoms with E-state index in [0.29, 0.717) is 6.07 Å². The molecule has 0 N–H and O–H groups in total. The standard InChI is InChI=1S/C18H10ClF9N/c1-10-6-12(19)8-14(7-10,13-5-3-2-4-11(13)9-29)15(20,17(23,24)25)16(21,22)18(26,27)28/h2-8H,1H3. The van der Waals surface area contributed by atoms with Crippen LogP contribution in [0.5, 0.6) is 0 Å². The van der Waals surface area contributed by atoms with Crippen LogP contribution in [0.3, 0.4) is 0 Å². The van der Waals surface area contributed by atoms with E-state index in [0.717, 1.165) is 31.5 Å². The fraction of sp³-hybridized carbons (Fsp3) is 0.333. The molecule has 0 heterocycles. The van der Waals surface area contributed by atoms with Gasteiger partial charge in [0, 0.05) is 11.5 Å². The molecule has 0 aromatic heterocycles. The van der Waals surface area contributed by atoms with Crippen molar-refractivity contribution >= 4 is 11.6 Å². The maximum atomic E-state index is 15.6. The molecule has 0 saturated carbocycles. The van der Waals surface area contributed by atoms with Crippen LogP contribution in [0.4, 0.5) is 39.5 Å². The van der Waals surface area contributed by atoms with E-state index in [-0.39, 0.29) is 17.7 Å². The molecule has 1 radical (unpaired) electrons. The number of rotatable bonds is 3. The maximum Gasteiger partial charge on any atom is 0.457 e. The summed E-state index contributed by atoms with van der Waals surface area (Å²) in [5, 5.41) is 8.47. The zero-order valence-corrected chi connectivity index (χ0v) is 15.0. The van der Waals surface area contributed by atoms with Gasteiger partial charge in [0.25, 0.3) is 5.67 Å². The van der Waals surface area contributed by atoms with E-state index in [1.54, 1.807) is 0 Å². The first-order chi connectivity index (χ1) is 13.0. The normalized spacial score (nSPS) is 23.0. The number of hydrogen-bond donors (Lipinski definition) is 0. The molecule has 0 amide bonds. The van der Waals surface area contributed by atoms with Gasteiger partial charge < -0.3 is 0 Å². The average Bonchev–Trinajstić information content (AvgIpc) is 2.57. The second-order valence-electron chi connectivity index (χ2n) is 6.32. The van der Waals surface area contributed by atoms with Gasteiger partial charge in [-0.15, -0.1) is 0 Å². The number of nitriles is 1. The van der Waals surface area contributed by atoms with Gasteiger partial charge in [-0.1, -0.05) is 47.5 Å². The van der Waals surface area contributed by atoms with Crippen molar-refractivity contribution < 1.29 is 39.5 Å². The lowest BCUT2D eigenvalue weighted by molar-refractivity contribution is -0.392. The minimum Gasteiger partial charge on any atom is -0.225 e. The Morgan fingerprint density at radius 1 is 0.897 bits per heavy atom. The van der Waals surface area contributed by atoms with Crippen LogP contribution in [0.25, 0.3) is 0 Å². The smallest absolute Gasteiger partial charge is 0.225 e. The Morgan fingerprint density at radius 3 is 1.90 bits per heavy atom. The topological polar surface area (TPSA) is 23.8 Å². The Labute approximate surface area is 164 Å². The third kappa shape index (κ3) is 3.29. The molecule has 0 spiro atoms. The molecule has 1 aliphatic carbocycles. The first-order valence-corrected chi connectivity index (χ1v) is 8.05. The fourth-order valence-electron chi connectivity index (χ4n) is 3.27. The van der Waals surface area contributed by atoms with Gasteiger partial charge in [0.05, 0.1) is 17.0 Å². The predicted molar refractivity (Wildman–Crippen MR) is 85.7 cm³/mol. The molecule has 0 saturated heterocycles. The van der Waals surface area contributed by atoms with Gasteiger partial charge in [0.15, 0.2) is 0 Å². The van der Waals surface area contributed by atoms with Crippen molar-refractivity contribution in [2.75, 3.05) is 0 Å². The summed E-state index contributed by atoms with van der Waals surface area (Å²) in [5.41, 5.74) is -12.1. The molecular formula is C18H10ClF9N. The van der Waals surface area contributed by atoms with E-state index in [9.17, 15) is 40.4 Å². The number of benzene rings is 1. The number of hydrogen-bond acceptors (Lipinski definition) is 1. The third-order valence-electron chi connectivity index (χ3n) is 4.43. The summed E-state index contributed by atoms with van der Waals surface area (Å²) >= 11 is 5.68. The van der Waals surface area contributed by atoms with E-state index in [1.165, 1.54) is 6.07 Å². The van der Waals surface area contributed by atoms with Gasteiger partial charge >= 0.3 is 18.3 Å². The van der Waals surface area contributed by atoms with Gasteiger partial charge in [-0.3, -0.25) is 0 Å². The van der Waals surface area contributed by atoms with Gasteiger partial charge in [-0.05, 0) is 18.6 Å². The van der Waals surface area contributed by atoms with Crippen molar-refractivity contribution in [3.63, 3.8) is 0 Å². The van der Waals surface area contributed by atoms with Crippen LogP contribution in [-0.2, 0) is 5.41 Å². The van der Waals surface area contributed by atoms with Crippen LogP contribution < -0.4 is 0 Å². The van der Waals surface area contributed by atoms with Crippen LogP contribution in [0.15, 0.2) is 47.0 Å². The number of alkyl halides is 9. The Morgan fingerprint density at radius 2 is 1.45 bits per heavy atom. The van der Waals surface area contributed by atoms with Gasteiger partial charge in [-0.25, -0.2) is 4.39 Å². The number of allylic oxidation sites excluding steroid dienone is 4. The SMILES string of the molecule is CC1=CC(c2ccccc2C#N)(C(F)(C(F)(F)F)C(F)(F)C(F)(F)F)C=C(Cl)[CH]1. The fourth-order valence-corrected chi connectivity index (χ4v) is 3.61. The lowest BCUT2D eigenvalue weighted by atomic mass is 9.61. The molecule has 2 unspecified atom stereocenters. The van der Waals surface area contributed by atoms with Crippen molar-refractivity contribution in [1.29, 1.82) is 5.26 Å². The highest BCUT2D eigenvalue weighted by atomic mass is 35.5. The van der Waals surface area contributed by atoms with Crippen LogP contribution in [0.2, 0.25) is 0 Å². The van der Waals surface area contributed by atoms with Crippen LogP contribution >= 0.6 is 11.6 Å². The highest BCUT2D eigenvalue weighted by Crippen LogP contribution is 2.63. The van der Waals surface area contributed by atoms with Crippen molar-refractivity contribution in [1.82, 2.24) is 0 Å². The summed E-state index contributed by atoms with van der Waals surface area (Å²) in [6, 6.07) is 5.02. The second kappa shape index (κ2) is 6.97. The summed E-state index contributed by atoms with van der Waals surface area (Å²) in [6.45, 7) is 1.04. The molecule has 1 aromatic rings. The Bertz CT molecular complexity index is 887. The Kier molecular flexibility index (Phi) is 5.56. The molecule has 0 fully saturated rings. The van der Waals surface area contributed by atoms with Gasteiger partial charge in [-0.2, -0.15) is 40.4 Å². The molecule has 2 rings (SSSR count). The Hall–Kier alpha value is -2.15. The minimum absolute atomic E-state index is 0.116. The molecule has 1 aromatic carbocycles. The summed E-state index contributed by atoms with van der Waals surface area (Å²) < 4.78 is 125. The van der Waals surface area contributed by atoms with Crippen LogP contribution in [-0.4, -0.2) is 23.9 Å². The molecule has 11 heteroatoms. The summed E-state index contributed by atoms with van der Waals surface area (Å²) in [4.78, 5) is 0. The summed E-state index contributed by atoms with van der Waals surface area (Å²) in [6.07, 6.45) is -12.3. The summed E-state index contributed by atoms with van der Waals surface area (Å²) in [5.74, 6) is -6.90. The van der Waals surface area contributed by atoms with E-state index in [4.69, 9.17) is 11.6 Å². The first-order valence-electron chi connectivity index (χ1n) is 7.67. The highest BCUT2D eigenvalue weighted by molar-refractivity contribution is 6.31. The monoisotopic (exact) mass is 446 g/mol. The molecule has 0 aliphatic heterocycles. The van der Waals surface area contributed by atoms with Crippen LogP contribution in [0.1, 0.15) is 18.1 Å². The minimum atomic E-state index is -6.91. The third-order valence-corrected chi connectivity index (χ3v) is 4.65. The van der Waals surface area contributed by atoms with E-state index in [2.05, 4.69) is 0 Å². The van der Waals surface area contributed by atoms with Crippen molar-refractivity contribution in [2.24, 2.45) is 0 Å². The van der Waals surface area contributed by atoms with Gasteiger partial charge in [0.2, 0.25) is 0 Å². The van der Waals surface area contributed by atoms with E-state index in [1.807, 2.05) is 0 Å². The molecule has 29 heavy (non-hydrogen) atoms. The lowest BCUT2D eigenvalue weighted by Crippen LogP contribution is -2.71. The van der Waals surface area contributed by atoms with E-state index >= 15 is 4.39 Å². The Balaban J connectivity index is 3.13. The van der Waals surface area contributed by atoms with Crippen molar-refractivity contribution in [2.45, 2.75) is 36.3 Å². The molecule has 157 valence electrons. The van der Waals surface area contributed by atoms with Gasteiger partial charge in [0.1, 0.15) is 0 Å². The molecule has 1 nitrogen and oxygen atoms in total. The van der Waals surface area contributed by atoms with Crippen LogP contribution in [0, 0.1) is 17.8 Å². The van der Waals surface area contributed by atoms with Crippen molar-refractivity contribution in [3.05, 3.63) is 64.6 Å². The average molecular weight is 447 g/mol. The molecule has 0 bridgehead atoms. The molecule has 1 aliphatic rings. The number of halogens is 10. The highest BCUT2D eigenvalue weighted by Gasteiger charge is 2.87. The van der Waals surface area contributed by atoms with E-state index < -0.39 is 45.5 Å². The zero-order valence-electron chi connectivity index (χ0n) is 14.3. The molecular weight excluding hydrogens is 437 g/mol. The number of nitrogens with zero attached hydrogens (tertiary/aromatic N) is 1. The quantitative estimate of drug-likeness (QED) is 0.483. The maximum absolute atomic E-state index is 15.6. The largest absolute Gasteiger partial charge is 0.457 e. The molecule has 2 atom stereocenters. The predicted octanol–water partition coefficient (Wildman–Crippen LogP) is 6.55. The van der Waals surface area contributed by atoms with Crippen molar-refractivity contribution in [3.8, 4) is 6.07 Å². The second-order valence-corrected chi connectivity index (χ2v) is 6.75. The zero-order chi connectivity index (χ0) is 22.5. The lowest BCUT2D eigenvalue weighted by Gasteiger charge is -2.48. The first kappa shape index (κ1) is 23.1. The summed E-state index contributed by atoms with van der Waals surface area (Å²) in [7, 11) is 0.